The van der Waals surface area contributed by atoms with Crippen LogP contribution in [0, 0.1) is 0 Å². The molecule has 0 spiro atoms. The standard InChI is InChI=1S/C16H21NO3/c18-16(17-12-6-3-1-2-4-7-12)13-8-5-9-14-15(13)20-11-10-19-14/h5,8-9,12H,1-4,6-7,10-11H2,(H,17,18). The molecule has 20 heavy (non-hydrogen) atoms. The molecule has 1 fully saturated rings. The van der Waals surface area contributed by atoms with Gasteiger partial charge < -0.3 is 14.8 Å². The van der Waals surface area contributed by atoms with Crippen LogP contribution >= 0.6 is 0 Å². The molecule has 0 atom stereocenters. The van der Waals surface area contributed by atoms with E-state index in [4.69, 9.17) is 9.47 Å². The van der Waals surface area contributed by atoms with Crippen LogP contribution in [0.25, 0.3) is 0 Å². The van der Waals surface area contributed by atoms with Crippen LogP contribution in [0.1, 0.15) is 48.9 Å². The zero-order chi connectivity index (χ0) is 13.8. The first kappa shape index (κ1) is 13.3. The lowest BCUT2D eigenvalue weighted by atomic mass is 10.1. The molecule has 1 aliphatic carbocycles. The SMILES string of the molecule is O=C(NC1CCCCCC1)c1cccc2c1OCCO2. The molecule has 0 saturated heterocycles. The third kappa shape index (κ3) is 2.89. The first-order chi connectivity index (χ1) is 9.84. The van der Waals surface area contributed by atoms with Crippen molar-refractivity contribution in [2.45, 2.75) is 44.6 Å². The summed E-state index contributed by atoms with van der Waals surface area (Å²) >= 11 is 0. The number of nitrogens with one attached hydrogen (secondary N) is 1. The number of para-hydroxylation sites is 1. The lowest BCUT2D eigenvalue weighted by Gasteiger charge is -2.22. The van der Waals surface area contributed by atoms with Crippen LogP contribution in [0.15, 0.2) is 18.2 Å². The largest absolute Gasteiger partial charge is 0.486 e. The molecule has 0 unspecified atom stereocenters. The summed E-state index contributed by atoms with van der Waals surface area (Å²) in [6.45, 7) is 1.04. The van der Waals surface area contributed by atoms with Crippen LogP contribution in [0.4, 0.5) is 0 Å². The van der Waals surface area contributed by atoms with E-state index in [0.717, 1.165) is 12.8 Å². The number of rotatable bonds is 2. The Labute approximate surface area is 119 Å². The van der Waals surface area contributed by atoms with Gasteiger partial charge in [-0.2, -0.15) is 0 Å². The molecular formula is C16H21NO3. The molecule has 1 aliphatic heterocycles. The van der Waals surface area contributed by atoms with Gasteiger partial charge >= 0.3 is 0 Å². The van der Waals surface area contributed by atoms with E-state index in [0.29, 0.717) is 36.3 Å². The van der Waals surface area contributed by atoms with Crippen molar-refractivity contribution >= 4 is 5.91 Å². The quantitative estimate of drug-likeness (QED) is 0.844. The second-order valence-electron chi connectivity index (χ2n) is 5.49. The lowest BCUT2D eigenvalue weighted by Crippen LogP contribution is -2.35. The van der Waals surface area contributed by atoms with Gasteiger partial charge in [0.25, 0.3) is 5.91 Å². The summed E-state index contributed by atoms with van der Waals surface area (Å²) in [4.78, 5) is 12.5. The summed E-state index contributed by atoms with van der Waals surface area (Å²) in [6.07, 6.45) is 7.14. The molecule has 0 bridgehead atoms. The van der Waals surface area contributed by atoms with E-state index in [1.54, 1.807) is 6.07 Å². The highest BCUT2D eigenvalue weighted by atomic mass is 16.6. The zero-order valence-corrected chi connectivity index (χ0v) is 11.7. The van der Waals surface area contributed by atoms with Gasteiger partial charge in [-0.25, -0.2) is 0 Å². The Kier molecular flexibility index (Phi) is 4.09. The van der Waals surface area contributed by atoms with E-state index in [2.05, 4.69) is 5.32 Å². The van der Waals surface area contributed by atoms with Gasteiger partial charge in [0.1, 0.15) is 13.2 Å². The Morgan fingerprint density at radius 2 is 1.80 bits per heavy atom. The van der Waals surface area contributed by atoms with Gasteiger partial charge in [0.2, 0.25) is 0 Å². The number of ether oxygens (including phenoxy) is 2. The predicted octanol–water partition coefficient (Wildman–Crippen LogP) is 2.91. The zero-order valence-electron chi connectivity index (χ0n) is 11.7. The molecule has 4 nitrogen and oxygen atoms in total. The average molecular weight is 275 g/mol. The third-order valence-corrected chi connectivity index (χ3v) is 4.00. The minimum Gasteiger partial charge on any atom is -0.486 e. The molecule has 4 heteroatoms. The van der Waals surface area contributed by atoms with Crippen molar-refractivity contribution in [3.63, 3.8) is 0 Å². The summed E-state index contributed by atoms with van der Waals surface area (Å²) in [6, 6.07) is 5.79. The monoisotopic (exact) mass is 275 g/mol. The van der Waals surface area contributed by atoms with Crippen molar-refractivity contribution in [2.24, 2.45) is 0 Å². The van der Waals surface area contributed by atoms with Gasteiger partial charge in [-0.1, -0.05) is 31.7 Å². The fraction of sp³-hybridized carbons (Fsp3) is 0.562. The van der Waals surface area contributed by atoms with E-state index in [9.17, 15) is 4.79 Å². The molecular weight excluding hydrogens is 254 g/mol. The van der Waals surface area contributed by atoms with Gasteiger partial charge in [-0.3, -0.25) is 4.79 Å². The van der Waals surface area contributed by atoms with E-state index in [1.165, 1.54) is 25.7 Å². The van der Waals surface area contributed by atoms with E-state index in [-0.39, 0.29) is 5.91 Å². The third-order valence-electron chi connectivity index (χ3n) is 4.00. The van der Waals surface area contributed by atoms with Crippen LogP contribution in [0.3, 0.4) is 0 Å². The van der Waals surface area contributed by atoms with E-state index >= 15 is 0 Å². The smallest absolute Gasteiger partial charge is 0.255 e. The van der Waals surface area contributed by atoms with Gasteiger partial charge in [0.15, 0.2) is 11.5 Å². The normalized spacial score (nSPS) is 19.2. The molecule has 1 saturated carbocycles. The fourth-order valence-corrected chi connectivity index (χ4v) is 2.94. The Bertz CT molecular complexity index is 479. The highest BCUT2D eigenvalue weighted by molar-refractivity contribution is 5.98. The number of carbonyl (C=O) groups is 1. The number of benzene rings is 1. The number of fused-ring (bicyclic) bond motifs is 1. The highest BCUT2D eigenvalue weighted by Crippen LogP contribution is 2.33. The van der Waals surface area contributed by atoms with Crippen LogP contribution in [-0.4, -0.2) is 25.2 Å². The van der Waals surface area contributed by atoms with Crippen molar-refractivity contribution in [2.75, 3.05) is 13.2 Å². The van der Waals surface area contributed by atoms with Crippen LogP contribution < -0.4 is 14.8 Å². The van der Waals surface area contributed by atoms with Crippen LogP contribution in [0.2, 0.25) is 0 Å². The molecule has 0 aromatic heterocycles. The van der Waals surface area contributed by atoms with Gasteiger partial charge in [0.05, 0.1) is 5.56 Å². The summed E-state index contributed by atoms with van der Waals surface area (Å²) in [5, 5.41) is 3.15. The summed E-state index contributed by atoms with van der Waals surface area (Å²) < 4.78 is 11.1. The maximum Gasteiger partial charge on any atom is 0.255 e. The number of carbonyl (C=O) groups excluding carboxylic acids is 1. The van der Waals surface area contributed by atoms with Crippen molar-refractivity contribution in [3.8, 4) is 11.5 Å². The maximum atomic E-state index is 12.5. The second kappa shape index (κ2) is 6.16. The van der Waals surface area contributed by atoms with Crippen molar-refractivity contribution < 1.29 is 14.3 Å². The van der Waals surface area contributed by atoms with Crippen molar-refractivity contribution in [1.82, 2.24) is 5.32 Å². The first-order valence-corrected chi connectivity index (χ1v) is 7.54. The molecule has 3 rings (SSSR count). The van der Waals surface area contributed by atoms with Gasteiger partial charge in [0, 0.05) is 6.04 Å². The topological polar surface area (TPSA) is 47.6 Å². The molecule has 1 N–H and O–H groups in total. The lowest BCUT2D eigenvalue weighted by molar-refractivity contribution is 0.0922. The molecule has 1 aromatic carbocycles. The molecule has 2 aliphatic rings. The fourth-order valence-electron chi connectivity index (χ4n) is 2.94. The molecule has 108 valence electrons. The highest BCUT2D eigenvalue weighted by Gasteiger charge is 2.22. The average Bonchev–Trinajstić information content (AvgIpc) is 2.75. The van der Waals surface area contributed by atoms with Gasteiger partial charge in [-0.15, -0.1) is 0 Å². The molecule has 1 heterocycles. The van der Waals surface area contributed by atoms with Crippen molar-refractivity contribution in [1.29, 1.82) is 0 Å². The van der Waals surface area contributed by atoms with Gasteiger partial charge in [-0.05, 0) is 25.0 Å². The number of amides is 1. The first-order valence-electron chi connectivity index (χ1n) is 7.54. The van der Waals surface area contributed by atoms with E-state index in [1.807, 2.05) is 12.1 Å². The predicted molar refractivity (Wildman–Crippen MR) is 76.4 cm³/mol. The Morgan fingerprint density at radius 1 is 1.05 bits per heavy atom. The molecule has 0 radical (unpaired) electrons. The number of hydrogen-bond donors (Lipinski definition) is 1. The van der Waals surface area contributed by atoms with Crippen molar-refractivity contribution in [3.05, 3.63) is 23.8 Å². The Hall–Kier alpha value is -1.71. The molecule has 1 aromatic rings. The summed E-state index contributed by atoms with van der Waals surface area (Å²) in [5.41, 5.74) is 0.589. The Morgan fingerprint density at radius 3 is 2.60 bits per heavy atom. The maximum absolute atomic E-state index is 12.5. The second-order valence-corrected chi connectivity index (χ2v) is 5.49. The van der Waals surface area contributed by atoms with Crippen LogP contribution in [0.5, 0.6) is 11.5 Å². The Balaban J connectivity index is 1.73. The number of hydrogen-bond acceptors (Lipinski definition) is 3. The molecule has 1 amide bonds. The van der Waals surface area contributed by atoms with Crippen LogP contribution in [-0.2, 0) is 0 Å². The summed E-state index contributed by atoms with van der Waals surface area (Å²) in [5.74, 6) is 1.22. The summed E-state index contributed by atoms with van der Waals surface area (Å²) in [7, 11) is 0. The minimum atomic E-state index is -0.0424. The van der Waals surface area contributed by atoms with E-state index < -0.39 is 0 Å². The minimum absolute atomic E-state index is 0.0424.